The molecule has 0 aliphatic carbocycles. The SMILES string of the molecule is COC(=O)c1cccc(NC(=O)CNc2ccc(Cl)c(Cl)c2)c1. The molecule has 2 N–H and O–H groups in total. The number of carbonyl (C=O) groups excluding carboxylic acids is 2. The molecule has 0 atom stereocenters. The number of ether oxygens (including phenoxy) is 1. The van der Waals surface area contributed by atoms with Crippen LogP contribution in [-0.2, 0) is 9.53 Å². The molecular weight excluding hydrogens is 339 g/mol. The van der Waals surface area contributed by atoms with Gasteiger partial charge in [0.25, 0.3) is 0 Å². The third-order valence-corrected chi connectivity index (χ3v) is 3.68. The summed E-state index contributed by atoms with van der Waals surface area (Å²) in [5.74, 6) is -0.729. The Morgan fingerprint density at radius 3 is 2.52 bits per heavy atom. The lowest BCUT2D eigenvalue weighted by molar-refractivity contribution is -0.114. The number of anilines is 2. The topological polar surface area (TPSA) is 67.4 Å². The molecule has 23 heavy (non-hydrogen) atoms. The van der Waals surface area contributed by atoms with Gasteiger partial charge >= 0.3 is 5.97 Å². The number of hydrogen-bond acceptors (Lipinski definition) is 4. The van der Waals surface area contributed by atoms with E-state index in [0.717, 1.165) is 0 Å². The maximum absolute atomic E-state index is 11.9. The van der Waals surface area contributed by atoms with Crippen LogP contribution >= 0.6 is 23.2 Å². The third-order valence-electron chi connectivity index (χ3n) is 2.94. The molecule has 0 bridgehead atoms. The van der Waals surface area contributed by atoms with Gasteiger partial charge in [0, 0.05) is 11.4 Å². The summed E-state index contributed by atoms with van der Waals surface area (Å²) in [7, 11) is 1.30. The van der Waals surface area contributed by atoms with Crippen LogP contribution in [0.4, 0.5) is 11.4 Å². The van der Waals surface area contributed by atoms with Gasteiger partial charge < -0.3 is 15.4 Å². The van der Waals surface area contributed by atoms with E-state index in [1.165, 1.54) is 7.11 Å². The Morgan fingerprint density at radius 2 is 1.83 bits per heavy atom. The molecule has 2 aromatic rings. The summed E-state index contributed by atoms with van der Waals surface area (Å²) in [4.78, 5) is 23.4. The van der Waals surface area contributed by atoms with Gasteiger partial charge in [-0.05, 0) is 36.4 Å². The van der Waals surface area contributed by atoms with E-state index in [1.807, 2.05) is 0 Å². The van der Waals surface area contributed by atoms with Crippen molar-refractivity contribution >= 4 is 46.5 Å². The maximum atomic E-state index is 11.9. The van der Waals surface area contributed by atoms with Gasteiger partial charge in [-0.25, -0.2) is 4.79 Å². The van der Waals surface area contributed by atoms with Gasteiger partial charge in [-0.1, -0.05) is 29.3 Å². The van der Waals surface area contributed by atoms with Crippen molar-refractivity contribution in [2.75, 3.05) is 24.3 Å². The lowest BCUT2D eigenvalue weighted by Crippen LogP contribution is -2.21. The molecule has 0 unspecified atom stereocenters. The van der Waals surface area contributed by atoms with E-state index in [9.17, 15) is 9.59 Å². The minimum Gasteiger partial charge on any atom is -0.465 e. The largest absolute Gasteiger partial charge is 0.465 e. The van der Waals surface area contributed by atoms with Crippen molar-refractivity contribution in [1.29, 1.82) is 0 Å². The Balaban J connectivity index is 1.94. The second kappa shape index (κ2) is 7.85. The van der Waals surface area contributed by atoms with Crippen LogP contribution in [0.25, 0.3) is 0 Å². The number of nitrogens with one attached hydrogen (secondary N) is 2. The van der Waals surface area contributed by atoms with Crippen LogP contribution in [0.2, 0.25) is 10.0 Å². The zero-order valence-electron chi connectivity index (χ0n) is 12.2. The number of esters is 1. The Hall–Kier alpha value is -2.24. The highest BCUT2D eigenvalue weighted by Crippen LogP contribution is 2.24. The summed E-state index contributed by atoms with van der Waals surface area (Å²) >= 11 is 11.7. The Bertz CT molecular complexity index is 735. The molecule has 0 heterocycles. The average molecular weight is 353 g/mol. The fourth-order valence-corrected chi connectivity index (χ4v) is 2.13. The maximum Gasteiger partial charge on any atom is 0.337 e. The third kappa shape index (κ3) is 4.87. The second-order valence-electron chi connectivity index (χ2n) is 4.60. The van der Waals surface area contributed by atoms with Gasteiger partial charge in [0.2, 0.25) is 5.91 Å². The smallest absolute Gasteiger partial charge is 0.337 e. The highest BCUT2D eigenvalue weighted by Gasteiger charge is 2.08. The first-order valence-corrected chi connectivity index (χ1v) is 7.42. The Morgan fingerprint density at radius 1 is 1.04 bits per heavy atom. The second-order valence-corrected chi connectivity index (χ2v) is 5.42. The highest BCUT2D eigenvalue weighted by molar-refractivity contribution is 6.42. The van der Waals surface area contributed by atoms with Crippen LogP contribution in [0.15, 0.2) is 42.5 Å². The molecule has 0 spiro atoms. The summed E-state index contributed by atoms with van der Waals surface area (Å²) in [6.45, 7) is 0.0421. The van der Waals surface area contributed by atoms with Gasteiger partial charge in [0.1, 0.15) is 0 Å². The normalized spacial score (nSPS) is 10.0. The molecule has 0 radical (unpaired) electrons. The van der Waals surface area contributed by atoms with Crippen LogP contribution < -0.4 is 10.6 Å². The van der Waals surface area contributed by atoms with E-state index in [-0.39, 0.29) is 12.5 Å². The number of carbonyl (C=O) groups is 2. The molecule has 2 aromatic carbocycles. The van der Waals surface area contributed by atoms with Crippen molar-refractivity contribution in [3.05, 3.63) is 58.1 Å². The lowest BCUT2D eigenvalue weighted by atomic mass is 10.2. The highest BCUT2D eigenvalue weighted by atomic mass is 35.5. The Kier molecular flexibility index (Phi) is 5.84. The number of methoxy groups -OCH3 is 1. The molecule has 5 nitrogen and oxygen atoms in total. The molecule has 120 valence electrons. The van der Waals surface area contributed by atoms with Crippen LogP contribution in [0.1, 0.15) is 10.4 Å². The van der Waals surface area contributed by atoms with E-state index in [1.54, 1.807) is 42.5 Å². The van der Waals surface area contributed by atoms with E-state index >= 15 is 0 Å². The van der Waals surface area contributed by atoms with E-state index < -0.39 is 5.97 Å². The molecule has 1 amide bonds. The first kappa shape index (κ1) is 17.1. The van der Waals surface area contributed by atoms with Gasteiger partial charge in [0.05, 0.1) is 29.3 Å². The molecular formula is C16H14Cl2N2O3. The molecule has 0 saturated carbocycles. The molecule has 0 aliphatic rings. The molecule has 0 saturated heterocycles. The van der Waals surface area contributed by atoms with E-state index in [4.69, 9.17) is 23.2 Å². The standard InChI is InChI=1S/C16H14Cl2N2O3/c1-23-16(22)10-3-2-4-12(7-10)20-15(21)9-19-11-5-6-13(17)14(18)8-11/h2-8,19H,9H2,1H3,(H,20,21). The van der Waals surface area contributed by atoms with Gasteiger partial charge in [-0.15, -0.1) is 0 Å². The summed E-state index contributed by atoms with van der Waals surface area (Å²) in [5, 5.41) is 6.47. The predicted molar refractivity (Wildman–Crippen MR) is 91.4 cm³/mol. The van der Waals surface area contributed by atoms with Crippen molar-refractivity contribution < 1.29 is 14.3 Å². The van der Waals surface area contributed by atoms with Crippen LogP contribution in [0.5, 0.6) is 0 Å². The number of halogens is 2. The van der Waals surface area contributed by atoms with Crippen molar-refractivity contribution in [3.63, 3.8) is 0 Å². The number of amides is 1. The minimum absolute atomic E-state index is 0.0421. The van der Waals surface area contributed by atoms with E-state index in [0.29, 0.717) is 27.0 Å². The monoisotopic (exact) mass is 352 g/mol. The molecule has 0 aliphatic heterocycles. The van der Waals surface area contributed by atoms with Crippen molar-refractivity contribution in [3.8, 4) is 0 Å². The summed E-state index contributed by atoms with van der Waals surface area (Å²) in [6.07, 6.45) is 0. The summed E-state index contributed by atoms with van der Waals surface area (Å²) in [6, 6.07) is 11.5. The van der Waals surface area contributed by atoms with Crippen LogP contribution in [0.3, 0.4) is 0 Å². The molecule has 7 heteroatoms. The number of benzene rings is 2. The van der Waals surface area contributed by atoms with Crippen molar-refractivity contribution in [2.24, 2.45) is 0 Å². The van der Waals surface area contributed by atoms with Crippen molar-refractivity contribution in [2.45, 2.75) is 0 Å². The van der Waals surface area contributed by atoms with Crippen LogP contribution in [-0.4, -0.2) is 25.5 Å². The Labute approximate surface area is 143 Å². The fraction of sp³-hybridized carbons (Fsp3) is 0.125. The quantitative estimate of drug-likeness (QED) is 0.802. The molecule has 2 rings (SSSR count). The zero-order valence-corrected chi connectivity index (χ0v) is 13.7. The zero-order chi connectivity index (χ0) is 16.8. The number of rotatable bonds is 5. The predicted octanol–water partition coefficient (Wildman–Crippen LogP) is 3.83. The molecule has 0 aromatic heterocycles. The van der Waals surface area contributed by atoms with E-state index in [2.05, 4.69) is 15.4 Å². The van der Waals surface area contributed by atoms with Gasteiger partial charge in [-0.3, -0.25) is 4.79 Å². The summed E-state index contributed by atoms with van der Waals surface area (Å²) in [5.41, 5.74) is 1.55. The minimum atomic E-state index is -0.463. The van der Waals surface area contributed by atoms with Crippen molar-refractivity contribution in [1.82, 2.24) is 0 Å². The number of hydrogen-bond donors (Lipinski definition) is 2. The average Bonchev–Trinajstić information content (AvgIpc) is 2.55. The van der Waals surface area contributed by atoms with Gasteiger partial charge in [0.15, 0.2) is 0 Å². The first-order chi connectivity index (χ1) is 11.0. The van der Waals surface area contributed by atoms with Crippen LogP contribution in [0, 0.1) is 0 Å². The lowest BCUT2D eigenvalue weighted by Gasteiger charge is -2.09. The summed E-state index contributed by atoms with van der Waals surface area (Å²) < 4.78 is 4.64. The molecule has 0 fully saturated rings. The van der Waals surface area contributed by atoms with Gasteiger partial charge in [-0.2, -0.15) is 0 Å². The fourth-order valence-electron chi connectivity index (χ4n) is 1.84. The first-order valence-electron chi connectivity index (χ1n) is 6.67.